The summed E-state index contributed by atoms with van der Waals surface area (Å²) in [4.78, 5) is 0. The van der Waals surface area contributed by atoms with E-state index in [0.29, 0.717) is 18.1 Å². The summed E-state index contributed by atoms with van der Waals surface area (Å²) in [5.41, 5.74) is -0.999. The van der Waals surface area contributed by atoms with Crippen molar-refractivity contribution < 1.29 is 22.7 Å². The molecule has 2 rings (SSSR count). The molecule has 0 aliphatic heterocycles. The maximum Gasteiger partial charge on any atom is 0.416 e. The average Bonchev–Trinajstić information content (AvgIpc) is 2.96. The van der Waals surface area contributed by atoms with Crippen LogP contribution in [-0.4, -0.2) is 11.7 Å². The zero-order chi connectivity index (χ0) is 12.7. The molecule has 17 heavy (non-hydrogen) atoms. The molecule has 1 N–H and O–H groups in total. The number of alkyl halides is 3. The number of aliphatic hydroxyl groups is 1. The van der Waals surface area contributed by atoms with Crippen LogP contribution in [0.5, 0.6) is 0 Å². The highest BCUT2D eigenvalue weighted by atomic mass is 19.4. The predicted octanol–water partition coefficient (Wildman–Crippen LogP) is 3.16. The van der Waals surface area contributed by atoms with Crippen LogP contribution < -0.4 is 0 Å². The Labute approximate surface area is 96.1 Å². The Morgan fingerprint density at radius 1 is 1.18 bits per heavy atom. The summed E-state index contributed by atoms with van der Waals surface area (Å²) in [6.45, 7) is -0.0646. The summed E-state index contributed by atoms with van der Waals surface area (Å²) in [6, 6.07) is 2.55. The monoisotopic (exact) mass is 248 g/mol. The Kier molecular flexibility index (Phi) is 2.89. The topological polar surface area (TPSA) is 20.2 Å². The summed E-state index contributed by atoms with van der Waals surface area (Å²) in [7, 11) is 0. The number of hydrogen-bond acceptors (Lipinski definition) is 1. The van der Waals surface area contributed by atoms with Gasteiger partial charge in [-0.3, -0.25) is 0 Å². The van der Waals surface area contributed by atoms with Crippen LogP contribution in [0.1, 0.15) is 24.0 Å². The zero-order valence-electron chi connectivity index (χ0n) is 9.02. The van der Waals surface area contributed by atoms with Gasteiger partial charge in [0.2, 0.25) is 0 Å². The second kappa shape index (κ2) is 3.98. The first-order chi connectivity index (χ1) is 7.85. The van der Waals surface area contributed by atoms with Crippen molar-refractivity contribution >= 4 is 0 Å². The first-order valence-electron chi connectivity index (χ1n) is 5.32. The third-order valence-corrected chi connectivity index (χ3v) is 3.16. The van der Waals surface area contributed by atoms with Crippen molar-refractivity contribution in [1.29, 1.82) is 0 Å². The van der Waals surface area contributed by atoms with E-state index in [-0.39, 0.29) is 12.0 Å². The average molecular weight is 248 g/mol. The van der Waals surface area contributed by atoms with Gasteiger partial charge >= 0.3 is 6.18 Å². The van der Waals surface area contributed by atoms with Crippen molar-refractivity contribution in [2.24, 2.45) is 5.41 Å². The molecule has 0 heterocycles. The highest BCUT2D eigenvalue weighted by Gasteiger charge is 2.42. The van der Waals surface area contributed by atoms with Crippen LogP contribution in [0.25, 0.3) is 0 Å². The van der Waals surface area contributed by atoms with Crippen LogP contribution in [0, 0.1) is 11.2 Å². The van der Waals surface area contributed by atoms with E-state index in [0.717, 1.165) is 25.0 Å². The Balaban J connectivity index is 2.26. The molecule has 0 atom stereocenters. The molecule has 0 amide bonds. The second-order valence-corrected chi connectivity index (χ2v) is 4.68. The van der Waals surface area contributed by atoms with Gasteiger partial charge in [0.25, 0.3) is 0 Å². The molecule has 94 valence electrons. The fourth-order valence-corrected chi connectivity index (χ4v) is 1.92. The SMILES string of the molecule is OCC1(Cc2cc(F)cc(C(F)(F)F)c2)CC1. The number of aliphatic hydroxyl groups excluding tert-OH is 1. The Morgan fingerprint density at radius 2 is 1.82 bits per heavy atom. The van der Waals surface area contributed by atoms with E-state index in [2.05, 4.69) is 0 Å². The molecule has 0 unspecified atom stereocenters. The van der Waals surface area contributed by atoms with E-state index in [1.807, 2.05) is 0 Å². The van der Waals surface area contributed by atoms with Gasteiger partial charge < -0.3 is 5.11 Å². The van der Waals surface area contributed by atoms with Gasteiger partial charge in [0.15, 0.2) is 0 Å². The molecule has 0 saturated heterocycles. The van der Waals surface area contributed by atoms with E-state index in [9.17, 15) is 17.6 Å². The molecule has 1 aromatic carbocycles. The van der Waals surface area contributed by atoms with Crippen molar-refractivity contribution in [3.8, 4) is 0 Å². The van der Waals surface area contributed by atoms with Crippen LogP contribution in [0.15, 0.2) is 18.2 Å². The molecule has 0 spiro atoms. The molecule has 1 fully saturated rings. The van der Waals surface area contributed by atoms with Crippen LogP contribution in [0.2, 0.25) is 0 Å². The van der Waals surface area contributed by atoms with E-state index in [1.165, 1.54) is 0 Å². The van der Waals surface area contributed by atoms with Crippen molar-refractivity contribution in [3.63, 3.8) is 0 Å². The summed E-state index contributed by atoms with van der Waals surface area (Å²) in [5.74, 6) is -0.886. The zero-order valence-corrected chi connectivity index (χ0v) is 9.02. The highest BCUT2D eigenvalue weighted by molar-refractivity contribution is 5.28. The third-order valence-electron chi connectivity index (χ3n) is 3.16. The van der Waals surface area contributed by atoms with Crippen LogP contribution in [0.4, 0.5) is 17.6 Å². The first kappa shape index (κ1) is 12.4. The molecule has 5 heteroatoms. The van der Waals surface area contributed by atoms with E-state index in [1.54, 1.807) is 0 Å². The van der Waals surface area contributed by atoms with Gasteiger partial charge in [-0.15, -0.1) is 0 Å². The second-order valence-electron chi connectivity index (χ2n) is 4.68. The van der Waals surface area contributed by atoms with Gasteiger partial charge in [0.05, 0.1) is 5.56 Å². The Bertz CT molecular complexity index is 421. The maximum absolute atomic E-state index is 13.1. The number of halogens is 4. The maximum atomic E-state index is 13.1. The van der Waals surface area contributed by atoms with Crippen molar-refractivity contribution in [2.75, 3.05) is 6.61 Å². The molecule has 0 radical (unpaired) electrons. The molecular formula is C12H12F4O. The normalized spacial score (nSPS) is 18.2. The fourth-order valence-electron chi connectivity index (χ4n) is 1.92. The molecule has 1 aromatic rings. The van der Waals surface area contributed by atoms with Crippen LogP contribution >= 0.6 is 0 Å². The molecule has 1 aliphatic rings. The highest BCUT2D eigenvalue weighted by Crippen LogP contribution is 2.48. The van der Waals surface area contributed by atoms with Crippen LogP contribution in [0.3, 0.4) is 0 Å². The van der Waals surface area contributed by atoms with E-state index in [4.69, 9.17) is 5.11 Å². The molecule has 0 bridgehead atoms. The van der Waals surface area contributed by atoms with E-state index >= 15 is 0 Å². The lowest BCUT2D eigenvalue weighted by molar-refractivity contribution is -0.137. The lowest BCUT2D eigenvalue weighted by atomic mass is 9.96. The first-order valence-corrected chi connectivity index (χ1v) is 5.32. The Morgan fingerprint density at radius 3 is 2.29 bits per heavy atom. The van der Waals surface area contributed by atoms with Gasteiger partial charge in [-0.1, -0.05) is 0 Å². The third kappa shape index (κ3) is 2.77. The smallest absolute Gasteiger partial charge is 0.396 e. The van der Waals surface area contributed by atoms with Gasteiger partial charge in [-0.2, -0.15) is 13.2 Å². The Hall–Kier alpha value is -1.10. The molecule has 1 aliphatic carbocycles. The molecular weight excluding hydrogens is 236 g/mol. The summed E-state index contributed by atoms with van der Waals surface area (Å²) in [6.07, 6.45) is -2.68. The van der Waals surface area contributed by atoms with Crippen molar-refractivity contribution in [1.82, 2.24) is 0 Å². The fraction of sp³-hybridized carbons (Fsp3) is 0.500. The van der Waals surface area contributed by atoms with Crippen LogP contribution in [-0.2, 0) is 12.6 Å². The minimum atomic E-state index is -4.53. The standard InChI is InChI=1S/C12H12F4O/c13-10-4-8(6-11(7-17)1-2-11)3-9(5-10)12(14,15)16/h3-5,17H,1-2,6-7H2. The van der Waals surface area contributed by atoms with Gasteiger partial charge in [-0.25, -0.2) is 4.39 Å². The lowest BCUT2D eigenvalue weighted by Crippen LogP contribution is -2.12. The molecule has 1 nitrogen and oxygen atoms in total. The molecule has 0 aromatic heterocycles. The summed E-state index contributed by atoms with van der Waals surface area (Å²) in [5, 5.41) is 9.10. The minimum absolute atomic E-state index is 0.0646. The van der Waals surface area contributed by atoms with Gasteiger partial charge in [-0.05, 0) is 48.4 Å². The number of benzene rings is 1. The van der Waals surface area contributed by atoms with Crippen molar-refractivity contribution in [3.05, 3.63) is 35.1 Å². The lowest BCUT2D eigenvalue weighted by Gasteiger charge is -2.14. The minimum Gasteiger partial charge on any atom is -0.396 e. The summed E-state index contributed by atoms with van der Waals surface area (Å²) < 4.78 is 50.5. The summed E-state index contributed by atoms with van der Waals surface area (Å²) >= 11 is 0. The molecule has 1 saturated carbocycles. The quantitative estimate of drug-likeness (QED) is 0.815. The number of rotatable bonds is 3. The van der Waals surface area contributed by atoms with E-state index < -0.39 is 17.6 Å². The predicted molar refractivity (Wildman–Crippen MR) is 53.9 cm³/mol. The van der Waals surface area contributed by atoms with Gasteiger partial charge in [0, 0.05) is 6.61 Å². The number of hydrogen-bond donors (Lipinski definition) is 1. The van der Waals surface area contributed by atoms with Crippen molar-refractivity contribution in [2.45, 2.75) is 25.4 Å². The largest absolute Gasteiger partial charge is 0.416 e. The van der Waals surface area contributed by atoms with Gasteiger partial charge in [0.1, 0.15) is 5.82 Å².